The van der Waals surface area contributed by atoms with Crippen LogP contribution in [0.15, 0.2) is 30.3 Å². The van der Waals surface area contributed by atoms with Crippen LogP contribution in [-0.4, -0.2) is 25.2 Å². The fraction of sp³-hybridized carbons (Fsp3) is 0.588. The van der Waals surface area contributed by atoms with Gasteiger partial charge in [-0.15, -0.1) is 0 Å². The summed E-state index contributed by atoms with van der Waals surface area (Å²) in [6, 6.07) is 9.91. The largest absolute Gasteiger partial charge is 0.466 e. The maximum absolute atomic E-state index is 12.5. The Bertz CT molecular complexity index is 617. The first-order valence-corrected chi connectivity index (χ1v) is 7.98. The van der Waals surface area contributed by atoms with E-state index >= 15 is 0 Å². The highest BCUT2D eigenvalue weighted by Crippen LogP contribution is 2.68. The first kappa shape index (κ1) is 13.0. The van der Waals surface area contributed by atoms with Crippen molar-refractivity contribution in [3.63, 3.8) is 0 Å². The molecule has 0 unspecified atom stereocenters. The molecular formula is C17H18O5. The molecule has 4 saturated heterocycles. The van der Waals surface area contributed by atoms with Gasteiger partial charge in [-0.25, -0.2) is 0 Å². The minimum Gasteiger partial charge on any atom is -0.466 e. The minimum absolute atomic E-state index is 0.0253. The minimum atomic E-state index is -0.857. The summed E-state index contributed by atoms with van der Waals surface area (Å²) in [6.07, 6.45) is 0.279. The van der Waals surface area contributed by atoms with Crippen molar-refractivity contribution in [2.75, 3.05) is 6.61 Å². The molecule has 1 aliphatic carbocycles. The molecule has 5 fully saturated rings. The average molecular weight is 302 g/mol. The van der Waals surface area contributed by atoms with Crippen LogP contribution in [0.3, 0.4) is 0 Å². The Morgan fingerprint density at radius 3 is 2.68 bits per heavy atom. The molecule has 6 rings (SSSR count). The van der Waals surface area contributed by atoms with Crippen LogP contribution in [0, 0.1) is 23.7 Å². The molecule has 0 amide bonds. The van der Waals surface area contributed by atoms with Crippen LogP contribution in [0.2, 0.25) is 0 Å². The summed E-state index contributed by atoms with van der Waals surface area (Å²) in [6.45, 7) is 2.24. The third-order valence-corrected chi connectivity index (χ3v) is 5.58. The van der Waals surface area contributed by atoms with Gasteiger partial charge in [0.15, 0.2) is 12.6 Å². The number of hydrogen-bond acceptors (Lipinski definition) is 5. The molecule has 1 aromatic rings. The molecule has 1 aromatic carbocycles. The van der Waals surface area contributed by atoms with Crippen LogP contribution in [0.5, 0.6) is 0 Å². The Morgan fingerprint density at radius 1 is 1.23 bits per heavy atom. The quantitative estimate of drug-likeness (QED) is 0.800. The van der Waals surface area contributed by atoms with Gasteiger partial charge in [-0.05, 0) is 13.3 Å². The summed E-state index contributed by atoms with van der Waals surface area (Å²) in [5.41, 5.74) is 0.968. The van der Waals surface area contributed by atoms with E-state index in [9.17, 15) is 4.79 Å². The highest BCUT2D eigenvalue weighted by molar-refractivity contribution is 5.74. The third-order valence-electron chi connectivity index (χ3n) is 5.58. The van der Waals surface area contributed by atoms with Crippen molar-refractivity contribution in [2.24, 2.45) is 23.7 Å². The SMILES string of the molecule is CCOC(=O)[C@H]1[C@@H]2C[C@H]3[C@H]4O[C@@H]2O[C@](c2ccccc2)(O4)[C@H]31. The number of hydrogen-bond donors (Lipinski definition) is 0. The zero-order valence-electron chi connectivity index (χ0n) is 12.3. The van der Waals surface area contributed by atoms with E-state index in [0.29, 0.717) is 6.61 Å². The normalized spacial score (nSPS) is 47.1. The number of carbonyl (C=O) groups is 1. The summed E-state index contributed by atoms with van der Waals surface area (Å²) in [5, 5.41) is 0. The van der Waals surface area contributed by atoms with Gasteiger partial charge < -0.3 is 18.9 Å². The van der Waals surface area contributed by atoms with E-state index < -0.39 is 5.79 Å². The third kappa shape index (κ3) is 1.42. The molecule has 5 aliphatic rings. The lowest BCUT2D eigenvalue weighted by atomic mass is 9.77. The standard InChI is InChI=1S/C17H18O5/c1-2-19-14(18)12-10-8-11-13(12)17(9-6-4-3-5-7-9)21-15(10)20-16(11)22-17/h3-7,10-13,15-16H,2,8H2,1H3/t10-,11+,12-,13+,15+,16-,17+/m0/s1. The first-order chi connectivity index (χ1) is 10.7. The number of rotatable bonds is 3. The Morgan fingerprint density at radius 2 is 1.95 bits per heavy atom. The van der Waals surface area contributed by atoms with Crippen LogP contribution in [-0.2, 0) is 29.5 Å². The van der Waals surface area contributed by atoms with E-state index in [4.69, 9.17) is 18.9 Å². The zero-order chi connectivity index (χ0) is 14.9. The summed E-state index contributed by atoms with van der Waals surface area (Å²) < 4.78 is 23.6. The molecule has 0 aromatic heterocycles. The number of benzene rings is 1. The van der Waals surface area contributed by atoms with Crippen molar-refractivity contribution in [3.8, 4) is 0 Å². The Balaban J connectivity index is 1.62. The molecule has 22 heavy (non-hydrogen) atoms. The van der Waals surface area contributed by atoms with E-state index in [2.05, 4.69) is 0 Å². The van der Waals surface area contributed by atoms with Crippen LogP contribution >= 0.6 is 0 Å². The van der Waals surface area contributed by atoms with E-state index in [1.54, 1.807) is 0 Å². The van der Waals surface area contributed by atoms with Gasteiger partial charge in [0.1, 0.15) is 0 Å². The lowest BCUT2D eigenvalue weighted by Gasteiger charge is -2.49. The van der Waals surface area contributed by atoms with E-state index in [-0.39, 0.29) is 42.2 Å². The first-order valence-electron chi connectivity index (χ1n) is 7.98. The Labute approximate surface area is 128 Å². The van der Waals surface area contributed by atoms with E-state index in [1.165, 1.54) is 0 Å². The summed E-state index contributed by atoms with van der Waals surface area (Å²) in [4.78, 5) is 12.5. The topological polar surface area (TPSA) is 54.0 Å². The molecule has 4 aliphatic heterocycles. The van der Waals surface area contributed by atoms with Gasteiger partial charge in [-0.1, -0.05) is 30.3 Å². The second-order valence-electron chi connectivity index (χ2n) is 6.51. The van der Waals surface area contributed by atoms with Crippen LogP contribution < -0.4 is 0 Å². The molecule has 1 saturated carbocycles. The smallest absolute Gasteiger partial charge is 0.309 e. The molecule has 0 spiro atoms. The number of ether oxygens (including phenoxy) is 4. The molecule has 7 atom stereocenters. The van der Waals surface area contributed by atoms with E-state index in [0.717, 1.165) is 12.0 Å². The van der Waals surface area contributed by atoms with Gasteiger partial charge in [-0.3, -0.25) is 4.79 Å². The summed E-state index contributed by atoms with van der Waals surface area (Å²) in [5.74, 6) is -0.920. The van der Waals surface area contributed by atoms with Gasteiger partial charge in [0.25, 0.3) is 0 Å². The predicted octanol–water partition coefficient (Wildman–Crippen LogP) is 2.01. The average Bonchev–Trinajstić information content (AvgIpc) is 2.98. The van der Waals surface area contributed by atoms with E-state index in [1.807, 2.05) is 37.3 Å². The predicted molar refractivity (Wildman–Crippen MR) is 74.2 cm³/mol. The van der Waals surface area contributed by atoms with Crippen molar-refractivity contribution in [2.45, 2.75) is 31.7 Å². The maximum Gasteiger partial charge on any atom is 0.309 e. The Kier molecular flexibility index (Phi) is 2.56. The van der Waals surface area contributed by atoms with Gasteiger partial charge in [-0.2, -0.15) is 0 Å². The molecule has 5 heteroatoms. The highest BCUT2D eigenvalue weighted by atomic mass is 16.9. The van der Waals surface area contributed by atoms with Crippen molar-refractivity contribution in [3.05, 3.63) is 35.9 Å². The van der Waals surface area contributed by atoms with Crippen molar-refractivity contribution < 1.29 is 23.7 Å². The molecule has 4 heterocycles. The molecule has 6 bridgehead atoms. The maximum atomic E-state index is 12.5. The number of carbonyl (C=O) groups excluding carboxylic acids is 1. The fourth-order valence-electron chi connectivity index (χ4n) is 4.87. The Hall–Kier alpha value is -1.43. The van der Waals surface area contributed by atoms with Gasteiger partial charge in [0.2, 0.25) is 5.79 Å². The second kappa shape index (κ2) is 4.31. The highest BCUT2D eigenvalue weighted by Gasteiger charge is 2.76. The van der Waals surface area contributed by atoms with Crippen molar-refractivity contribution in [1.82, 2.24) is 0 Å². The molecular weight excluding hydrogens is 284 g/mol. The second-order valence-corrected chi connectivity index (χ2v) is 6.51. The fourth-order valence-corrected chi connectivity index (χ4v) is 4.87. The van der Waals surface area contributed by atoms with Crippen LogP contribution in [0.25, 0.3) is 0 Å². The van der Waals surface area contributed by atoms with Gasteiger partial charge >= 0.3 is 5.97 Å². The van der Waals surface area contributed by atoms with Gasteiger partial charge in [0.05, 0.1) is 12.5 Å². The lowest BCUT2D eigenvalue weighted by molar-refractivity contribution is -0.453. The summed E-state index contributed by atoms with van der Waals surface area (Å²) in [7, 11) is 0. The monoisotopic (exact) mass is 302 g/mol. The molecule has 0 N–H and O–H groups in total. The van der Waals surface area contributed by atoms with Gasteiger partial charge in [0, 0.05) is 23.3 Å². The molecule has 5 nitrogen and oxygen atoms in total. The van der Waals surface area contributed by atoms with Crippen LogP contribution in [0.4, 0.5) is 0 Å². The van der Waals surface area contributed by atoms with Crippen molar-refractivity contribution in [1.29, 1.82) is 0 Å². The summed E-state index contributed by atoms with van der Waals surface area (Å²) >= 11 is 0. The van der Waals surface area contributed by atoms with Crippen molar-refractivity contribution >= 4 is 5.97 Å². The zero-order valence-corrected chi connectivity index (χ0v) is 12.3. The number of esters is 1. The molecule has 116 valence electrons. The lowest BCUT2D eigenvalue weighted by Crippen LogP contribution is -2.56. The van der Waals surface area contributed by atoms with Crippen LogP contribution in [0.1, 0.15) is 18.9 Å². The molecule has 0 radical (unpaired) electrons.